The maximum Gasteiger partial charge on any atom is 0.308 e. The van der Waals surface area contributed by atoms with Gasteiger partial charge in [-0.05, 0) is 19.3 Å². The summed E-state index contributed by atoms with van der Waals surface area (Å²) in [6, 6.07) is -0.175. The van der Waals surface area contributed by atoms with Gasteiger partial charge >= 0.3 is 5.97 Å². The summed E-state index contributed by atoms with van der Waals surface area (Å²) >= 11 is 0. The van der Waals surface area contributed by atoms with Gasteiger partial charge in [0.2, 0.25) is 0 Å². The highest BCUT2D eigenvalue weighted by Crippen LogP contribution is 2.24. The molecule has 0 amide bonds. The van der Waals surface area contributed by atoms with Crippen molar-refractivity contribution in [1.82, 2.24) is 0 Å². The minimum absolute atomic E-state index is 0.162. The zero-order chi connectivity index (χ0) is 9.14. The van der Waals surface area contributed by atoms with Crippen LogP contribution in [0.3, 0.4) is 0 Å². The Balaban J connectivity index is 2.45. The normalized spacial score (nSPS) is 36.1. The zero-order valence-corrected chi connectivity index (χ0v) is 7.19. The minimum Gasteiger partial charge on any atom is -0.469 e. The van der Waals surface area contributed by atoms with E-state index in [9.17, 15) is 9.90 Å². The van der Waals surface area contributed by atoms with Crippen LogP contribution in [-0.2, 0) is 9.53 Å². The predicted molar refractivity (Wildman–Crippen MR) is 43.3 cm³/mol. The van der Waals surface area contributed by atoms with E-state index in [1.165, 1.54) is 7.11 Å². The largest absolute Gasteiger partial charge is 0.469 e. The summed E-state index contributed by atoms with van der Waals surface area (Å²) in [7, 11) is 1.36. The molecule has 1 rings (SSSR count). The van der Waals surface area contributed by atoms with Crippen LogP contribution in [0.15, 0.2) is 0 Å². The molecule has 70 valence electrons. The quantitative estimate of drug-likeness (QED) is 0.531. The lowest BCUT2D eigenvalue weighted by molar-refractivity contribution is -0.148. The van der Waals surface area contributed by atoms with Gasteiger partial charge < -0.3 is 15.6 Å². The Morgan fingerprint density at radius 1 is 1.58 bits per heavy atom. The third-order valence-electron chi connectivity index (χ3n) is 2.40. The van der Waals surface area contributed by atoms with Gasteiger partial charge in [-0.15, -0.1) is 0 Å². The van der Waals surface area contributed by atoms with Gasteiger partial charge in [0, 0.05) is 6.04 Å². The lowest BCUT2D eigenvalue weighted by Crippen LogP contribution is -2.42. The number of ether oxygens (including phenoxy) is 1. The minimum atomic E-state index is -0.553. The van der Waals surface area contributed by atoms with E-state index in [0.717, 1.165) is 6.42 Å². The molecular formula is C8H15NO3. The molecule has 0 unspecified atom stereocenters. The number of nitrogens with two attached hydrogens (primary N) is 1. The molecular weight excluding hydrogens is 158 g/mol. The third-order valence-corrected chi connectivity index (χ3v) is 2.40. The van der Waals surface area contributed by atoms with Crippen LogP contribution in [-0.4, -0.2) is 30.3 Å². The van der Waals surface area contributed by atoms with E-state index in [2.05, 4.69) is 4.74 Å². The molecule has 0 radical (unpaired) electrons. The highest BCUT2D eigenvalue weighted by atomic mass is 16.5. The molecule has 12 heavy (non-hydrogen) atoms. The molecule has 4 heteroatoms. The molecule has 0 aromatic rings. The van der Waals surface area contributed by atoms with Crippen molar-refractivity contribution in [3.63, 3.8) is 0 Å². The van der Waals surface area contributed by atoms with Gasteiger partial charge in [0.15, 0.2) is 0 Å². The smallest absolute Gasteiger partial charge is 0.308 e. The van der Waals surface area contributed by atoms with E-state index in [1.807, 2.05) is 0 Å². The van der Waals surface area contributed by atoms with E-state index in [1.54, 1.807) is 0 Å². The van der Waals surface area contributed by atoms with E-state index in [0.29, 0.717) is 12.8 Å². The molecule has 1 aliphatic rings. The lowest BCUT2D eigenvalue weighted by Gasteiger charge is -2.28. The van der Waals surface area contributed by atoms with Crippen molar-refractivity contribution in [2.45, 2.75) is 31.4 Å². The lowest BCUT2D eigenvalue weighted by atomic mass is 9.84. The summed E-state index contributed by atoms with van der Waals surface area (Å²) in [5.74, 6) is -0.397. The zero-order valence-electron chi connectivity index (χ0n) is 7.19. The van der Waals surface area contributed by atoms with Crippen LogP contribution in [0, 0.1) is 5.92 Å². The van der Waals surface area contributed by atoms with Gasteiger partial charge in [0.25, 0.3) is 0 Å². The molecule has 0 aromatic heterocycles. The van der Waals surface area contributed by atoms with Crippen LogP contribution in [0.5, 0.6) is 0 Å². The highest BCUT2D eigenvalue weighted by molar-refractivity contribution is 5.72. The number of hydrogen-bond donors (Lipinski definition) is 2. The summed E-state index contributed by atoms with van der Waals surface area (Å²) < 4.78 is 4.58. The number of aliphatic hydroxyl groups is 1. The Kier molecular flexibility index (Phi) is 3.05. The Morgan fingerprint density at radius 3 is 2.75 bits per heavy atom. The molecule has 0 heterocycles. The van der Waals surface area contributed by atoms with Crippen LogP contribution in [0.2, 0.25) is 0 Å². The van der Waals surface area contributed by atoms with Crippen molar-refractivity contribution < 1.29 is 14.6 Å². The van der Waals surface area contributed by atoms with E-state index < -0.39 is 6.10 Å². The Morgan fingerprint density at radius 2 is 2.25 bits per heavy atom. The first kappa shape index (κ1) is 9.48. The van der Waals surface area contributed by atoms with E-state index >= 15 is 0 Å². The fourth-order valence-electron chi connectivity index (χ4n) is 1.55. The van der Waals surface area contributed by atoms with Gasteiger partial charge in [-0.2, -0.15) is 0 Å². The summed E-state index contributed by atoms with van der Waals surface area (Å²) in [6.45, 7) is 0. The van der Waals surface area contributed by atoms with E-state index in [-0.39, 0.29) is 17.9 Å². The average molecular weight is 173 g/mol. The highest BCUT2D eigenvalue weighted by Gasteiger charge is 2.31. The molecule has 3 atom stereocenters. The monoisotopic (exact) mass is 173 g/mol. The standard InChI is InChI=1S/C8H15NO3/c1-12-8(11)5-2-3-6(9)7(10)4-5/h5-7,10H,2-4,9H2,1H3/t5-,6+,7+/m0/s1. The molecule has 0 aliphatic heterocycles. The van der Waals surface area contributed by atoms with Crippen molar-refractivity contribution in [1.29, 1.82) is 0 Å². The van der Waals surface area contributed by atoms with Gasteiger partial charge in [0.05, 0.1) is 19.1 Å². The van der Waals surface area contributed by atoms with Gasteiger partial charge in [-0.1, -0.05) is 0 Å². The SMILES string of the molecule is COC(=O)[C@H]1CC[C@@H](N)[C@H](O)C1. The fourth-order valence-corrected chi connectivity index (χ4v) is 1.55. The topological polar surface area (TPSA) is 72.5 Å². The maximum absolute atomic E-state index is 11.0. The third kappa shape index (κ3) is 1.95. The average Bonchev–Trinajstić information content (AvgIpc) is 2.08. The van der Waals surface area contributed by atoms with Gasteiger partial charge in [0.1, 0.15) is 0 Å². The van der Waals surface area contributed by atoms with Crippen molar-refractivity contribution in [3.8, 4) is 0 Å². The Labute approximate surface area is 71.7 Å². The molecule has 4 nitrogen and oxygen atoms in total. The molecule has 3 N–H and O–H groups in total. The second-order valence-electron chi connectivity index (χ2n) is 3.26. The van der Waals surface area contributed by atoms with E-state index in [4.69, 9.17) is 5.73 Å². The molecule has 0 saturated heterocycles. The second-order valence-corrected chi connectivity index (χ2v) is 3.26. The van der Waals surface area contributed by atoms with Crippen molar-refractivity contribution in [2.75, 3.05) is 7.11 Å². The number of methoxy groups -OCH3 is 1. The second kappa shape index (κ2) is 3.87. The summed E-state index contributed by atoms with van der Waals surface area (Å²) in [6.07, 6.45) is 1.31. The van der Waals surface area contributed by atoms with Crippen LogP contribution in [0.25, 0.3) is 0 Å². The maximum atomic E-state index is 11.0. The summed E-state index contributed by atoms with van der Waals surface area (Å²) in [5, 5.41) is 9.36. The first-order valence-electron chi connectivity index (χ1n) is 4.16. The van der Waals surface area contributed by atoms with Gasteiger partial charge in [-0.3, -0.25) is 4.79 Å². The molecule has 0 bridgehead atoms. The van der Waals surface area contributed by atoms with Crippen molar-refractivity contribution >= 4 is 5.97 Å². The predicted octanol–water partition coefficient (Wildman–Crippen LogP) is -0.352. The van der Waals surface area contributed by atoms with Crippen LogP contribution in [0.1, 0.15) is 19.3 Å². The number of aliphatic hydroxyl groups excluding tert-OH is 1. The summed E-state index contributed by atoms with van der Waals surface area (Å²) in [5.41, 5.74) is 5.58. The first-order valence-corrected chi connectivity index (χ1v) is 4.16. The Bertz CT molecular complexity index is 172. The molecule has 1 aliphatic carbocycles. The molecule has 0 aromatic carbocycles. The van der Waals surface area contributed by atoms with Gasteiger partial charge in [-0.25, -0.2) is 0 Å². The molecule has 1 fully saturated rings. The van der Waals surface area contributed by atoms with Crippen molar-refractivity contribution in [3.05, 3.63) is 0 Å². The summed E-state index contributed by atoms with van der Waals surface area (Å²) in [4.78, 5) is 11.0. The molecule has 0 spiro atoms. The number of carbonyl (C=O) groups is 1. The number of rotatable bonds is 1. The number of hydrogen-bond acceptors (Lipinski definition) is 4. The Hall–Kier alpha value is -0.610. The fraction of sp³-hybridized carbons (Fsp3) is 0.875. The van der Waals surface area contributed by atoms with Crippen LogP contribution < -0.4 is 5.73 Å². The molecule has 1 saturated carbocycles. The first-order chi connectivity index (χ1) is 5.65. The number of carbonyl (C=O) groups excluding carboxylic acids is 1. The van der Waals surface area contributed by atoms with Crippen molar-refractivity contribution in [2.24, 2.45) is 11.7 Å². The van der Waals surface area contributed by atoms with Crippen LogP contribution in [0.4, 0.5) is 0 Å². The van der Waals surface area contributed by atoms with Crippen LogP contribution >= 0.6 is 0 Å². The number of esters is 1.